The Morgan fingerprint density at radius 1 is 1.10 bits per heavy atom. The van der Waals surface area contributed by atoms with E-state index >= 15 is 0 Å². The second-order valence-corrected chi connectivity index (χ2v) is 9.48. The minimum Gasteiger partial charge on any atom is -0.390 e. The van der Waals surface area contributed by atoms with Crippen LogP contribution in [0.15, 0.2) is 23.4 Å². The highest BCUT2D eigenvalue weighted by molar-refractivity contribution is 5.50. The molecule has 0 amide bonds. The van der Waals surface area contributed by atoms with Gasteiger partial charge < -0.3 is 25.2 Å². The fourth-order valence-corrected chi connectivity index (χ4v) is 4.79. The Hall–Kier alpha value is -3.02. The molecule has 0 bridgehead atoms. The van der Waals surface area contributed by atoms with E-state index in [0.717, 1.165) is 6.20 Å². The number of aromatic amines is 1. The molecule has 2 aromatic heterocycles. The summed E-state index contributed by atoms with van der Waals surface area (Å²) < 4.78 is 83.7. The fourth-order valence-electron chi connectivity index (χ4n) is 4.79. The monoisotopic (exact) mass is 567 g/mol. The Kier molecular flexibility index (Phi) is 8.34. The number of aliphatic hydroxyl groups excluding tert-OH is 2. The van der Waals surface area contributed by atoms with Crippen LogP contribution in [0.25, 0.3) is 0 Å². The van der Waals surface area contributed by atoms with Crippen molar-refractivity contribution in [3.63, 3.8) is 0 Å². The third kappa shape index (κ3) is 6.59. The van der Waals surface area contributed by atoms with Crippen LogP contribution in [-0.2, 0) is 17.1 Å². The van der Waals surface area contributed by atoms with Crippen molar-refractivity contribution in [3.8, 4) is 0 Å². The zero-order chi connectivity index (χ0) is 28.5. The van der Waals surface area contributed by atoms with Crippen LogP contribution in [0, 0.1) is 0 Å². The fraction of sp³-hybridized carbons (Fsp3) is 0.636. The van der Waals surface area contributed by atoms with Gasteiger partial charge in [-0.05, 0) is 19.8 Å². The quantitative estimate of drug-likeness (QED) is 0.364. The van der Waals surface area contributed by atoms with Crippen molar-refractivity contribution >= 4 is 11.6 Å². The molecule has 11 nitrogen and oxygen atoms in total. The lowest BCUT2D eigenvalue weighted by Gasteiger charge is -2.41. The van der Waals surface area contributed by atoms with Gasteiger partial charge in [0.15, 0.2) is 0 Å². The van der Waals surface area contributed by atoms with Gasteiger partial charge in [-0.1, -0.05) is 0 Å². The lowest BCUT2D eigenvalue weighted by Crippen LogP contribution is -2.56. The van der Waals surface area contributed by atoms with Crippen molar-refractivity contribution in [1.82, 2.24) is 25.1 Å². The lowest BCUT2D eigenvalue weighted by atomic mass is 10.0. The smallest absolute Gasteiger partial charge is 0.390 e. The first-order chi connectivity index (χ1) is 18.3. The van der Waals surface area contributed by atoms with Crippen LogP contribution in [0.5, 0.6) is 0 Å². The molecular weight excluding hydrogens is 540 g/mol. The highest BCUT2D eigenvalue weighted by Gasteiger charge is 2.43. The maximum atomic E-state index is 13.2. The Morgan fingerprint density at radius 3 is 2.41 bits per heavy atom. The van der Waals surface area contributed by atoms with Gasteiger partial charge in [0.2, 0.25) is 5.95 Å². The van der Waals surface area contributed by atoms with E-state index in [2.05, 4.69) is 20.4 Å². The second kappa shape index (κ2) is 11.2. The van der Waals surface area contributed by atoms with E-state index < -0.39 is 65.2 Å². The Morgan fingerprint density at radius 2 is 1.79 bits per heavy atom. The molecule has 2 aliphatic rings. The molecule has 2 aliphatic heterocycles. The highest BCUT2D eigenvalue weighted by Crippen LogP contribution is 2.33. The maximum Gasteiger partial charge on any atom is 0.423 e. The number of hydrogen-bond acceptors (Lipinski definition) is 10. The molecule has 0 saturated carbocycles. The third-order valence-electron chi connectivity index (χ3n) is 6.67. The average molecular weight is 567 g/mol. The van der Waals surface area contributed by atoms with E-state index in [1.54, 1.807) is 21.8 Å². The zero-order valence-electron chi connectivity index (χ0n) is 20.6. The van der Waals surface area contributed by atoms with Gasteiger partial charge in [0.1, 0.15) is 11.8 Å². The number of ether oxygens (including phenoxy) is 1. The molecular formula is C22H27F6N7O4. The molecule has 0 aliphatic carbocycles. The molecule has 4 heterocycles. The van der Waals surface area contributed by atoms with E-state index in [1.807, 2.05) is 0 Å². The van der Waals surface area contributed by atoms with Crippen molar-refractivity contribution in [1.29, 1.82) is 0 Å². The second-order valence-electron chi connectivity index (χ2n) is 9.48. The predicted molar refractivity (Wildman–Crippen MR) is 124 cm³/mol. The molecule has 0 radical (unpaired) electrons. The number of halogens is 6. The van der Waals surface area contributed by atoms with Crippen LogP contribution in [0.2, 0.25) is 0 Å². The molecule has 2 aromatic rings. The topological polar surface area (TPSA) is 140 Å². The summed E-state index contributed by atoms with van der Waals surface area (Å²) >= 11 is 0. The number of rotatable bonds is 7. The summed E-state index contributed by atoms with van der Waals surface area (Å²) in [6.45, 7) is 2.20. The molecule has 0 aromatic carbocycles. The summed E-state index contributed by atoms with van der Waals surface area (Å²) in [7, 11) is 0. The van der Waals surface area contributed by atoms with Gasteiger partial charge in [-0.2, -0.15) is 31.4 Å². The van der Waals surface area contributed by atoms with Crippen molar-refractivity contribution in [3.05, 3.63) is 40.1 Å². The van der Waals surface area contributed by atoms with Crippen LogP contribution < -0.4 is 15.8 Å². The van der Waals surface area contributed by atoms with Gasteiger partial charge in [0, 0.05) is 44.1 Å². The number of hydrogen-bond donors (Lipinski definition) is 4. The number of nitrogens with zero attached hydrogens (tertiary/aromatic N) is 5. The molecule has 4 N–H and O–H groups in total. The molecule has 39 heavy (non-hydrogen) atoms. The van der Waals surface area contributed by atoms with Crippen LogP contribution in [0.4, 0.5) is 38.0 Å². The van der Waals surface area contributed by atoms with E-state index in [1.165, 1.54) is 0 Å². The van der Waals surface area contributed by atoms with Crippen LogP contribution in [-0.4, -0.2) is 92.0 Å². The minimum absolute atomic E-state index is 0.0392. The normalized spacial score (nSPS) is 25.6. The van der Waals surface area contributed by atoms with Crippen LogP contribution in [0.3, 0.4) is 0 Å². The third-order valence-corrected chi connectivity index (χ3v) is 6.67. The Bertz CT molecular complexity index is 1180. The minimum atomic E-state index is -4.89. The molecule has 0 unspecified atom stereocenters. The SMILES string of the molecule is C[C@@H](CO[C@@H]1CCN([C@H]2CCN(c3ncc(C(F)(F)F)cn3)C[C@@H]2O)[C@@H]1O)Nc1cn[nH]c(=O)c1C(F)(F)F. The molecule has 5 atom stereocenters. The number of piperidine rings is 1. The first kappa shape index (κ1) is 29.0. The molecule has 17 heteroatoms. The van der Waals surface area contributed by atoms with Crippen molar-refractivity contribution < 1.29 is 41.3 Å². The van der Waals surface area contributed by atoms with Gasteiger partial charge in [-0.3, -0.25) is 9.69 Å². The van der Waals surface area contributed by atoms with Gasteiger partial charge in [-0.25, -0.2) is 15.1 Å². The van der Waals surface area contributed by atoms with Gasteiger partial charge >= 0.3 is 12.4 Å². The highest BCUT2D eigenvalue weighted by atomic mass is 19.4. The van der Waals surface area contributed by atoms with Crippen LogP contribution in [0.1, 0.15) is 30.9 Å². The number of aliphatic hydroxyl groups is 2. The number of H-pyrrole nitrogens is 1. The van der Waals surface area contributed by atoms with Crippen molar-refractivity contribution in [2.75, 3.05) is 36.5 Å². The Balaban J connectivity index is 1.30. The molecule has 2 saturated heterocycles. The summed E-state index contributed by atoms with van der Waals surface area (Å²) in [6.07, 6.45) is -9.23. The van der Waals surface area contributed by atoms with E-state index in [-0.39, 0.29) is 19.1 Å². The lowest BCUT2D eigenvalue weighted by molar-refractivity contribution is -0.139. The molecule has 2 fully saturated rings. The predicted octanol–water partition coefficient (Wildman–Crippen LogP) is 1.45. The van der Waals surface area contributed by atoms with Gasteiger partial charge in [-0.15, -0.1) is 0 Å². The van der Waals surface area contributed by atoms with Crippen molar-refractivity contribution in [2.45, 2.75) is 62.6 Å². The zero-order valence-corrected chi connectivity index (χ0v) is 20.6. The standard InChI is InChI=1S/C22H27F6N7O4/c1-11(32-13-8-31-33-18(37)17(13)22(26,27)28)10-39-16-3-5-35(19(16)38)14-2-4-34(9-15(14)36)20-29-6-12(7-30-20)21(23,24)25/h6-8,11,14-16,19,36,38H,2-5,9-10H2,1H3,(H2,32,33,37)/t11-,14-,15-,16+,19+/m0/s1. The molecule has 4 rings (SSSR count). The van der Waals surface area contributed by atoms with Crippen molar-refractivity contribution in [2.24, 2.45) is 0 Å². The number of aromatic nitrogens is 4. The largest absolute Gasteiger partial charge is 0.423 e. The number of nitrogens with one attached hydrogen (secondary N) is 2. The Labute approximate surface area is 217 Å². The number of likely N-dealkylation sites (tertiary alicyclic amines) is 1. The van der Waals surface area contributed by atoms with E-state index in [4.69, 9.17) is 4.74 Å². The number of alkyl halides is 6. The number of β-amino-alcohol motifs (C(OH)–C–C–N with tert-alkyl or cyclic N) is 1. The summed E-state index contributed by atoms with van der Waals surface area (Å²) in [5, 5.41) is 29.3. The summed E-state index contributed by atoms with van der Waals surface area (Å²) in [4.78, 5) is 22.4. The average Bonchev–Trinajstić information content (AvgIpc) is 3.21. The van der Waals surface area contributed by atoms with Crippen LogP contribution >= 0.6 is 0 Å². The first-order valence-electron chi connectivity index (χ1n) is 12.0. The summed E-state index contributed by atoms with van der Waals surface area (Å²) in [6, 6.07) is -1.14. The summed E-state index contributed by atoms with van der Waals surface area (Å²) in [5.41, 5.74) is -4.26. The molecule has 216 valence electrons. The summed E-state index contributed by atoms with van der Waals surface area (Å²) in [5.74, 6) is 0.0504. The number of anilines is 2. The van der Waals surface area contributed by atoms with E-state index in [0.29, 0.717) is 38.3 Å². The van der Waals surface area contributed by atoms with Gasteiger partial charge in [0.25, 0.3) is 5.56 Å². The van der Waals surface area contributed by atoms with Gasteiger partial charge in [0.05, 0.1) is 36.3 Å². The first-order valence-corrected chi connectivity index (χ1v) is 12.0. The molecule has 0 spiro atoms. The van der Waals surface area contributed by atoms with E-state index in [9.17, 15) is 41.4 Å². The maximum absolute atomic E-state index is 13.2.